The van der Waals surface area contributed by atoms with Gasteiger partial charge in [0.2, 0.25) is 0 Å². The van der Waals surface area contributed by atoms with Crippen LogP contribution < -0.4 is 5.32 Å². The normalized spacial score (nSPS) is 28.8. The summed E-state index contributed by atoms with van der Waals surface area (Å²) in [5, 5.41) is 3.66. The van der Waals surface area contributed by atoms with Gasteiger partial charge in [-0.15, -0.1) is 12.3 Å². The average Bonchev–Trinajstić information content (AvgIpc) is 2.90. The summed E-state index contributed by atoms with van der Waals surface area (Å²) < 4.78 is 6.13. The summed E-state index contributed by atoms with van der Waals surface area (Å²) in [4.78, 5) is 2.62. The van der Waals surface area contributed by atoms with Crippen LogP contribution in [-0.4, -0.2) is 49.3 Å². The lowest BCUT2D eigenvalue weighted by Crippen LogP contribution is -2.54. The van der Waals surface area contributed by atoms with E-state index in [4.69, 9.17) is 11.2 Å². The summed E-state index contributed by atoms with van der Waals surface area (Å²) in [7, 11) is 0. The molecule has 0 aromatic rings. The maximum absolute atomic E-state index is 6.13. The first kappa shape index (κ1) is 14.8. The smallest absolute Gasteiger partial charge is 0.0855 e. The van der Waals surface area contributed by atoms with Crippen molar-refractivity contribution >= 4 is 0 Å². The van der Waals surface area contributed by atoms with E-state index in [0.717, 1.165) is 39.0 Å². The van der Waals surface area contributed by atoms with Crippen LogP contribution in [-0.2, 0) is 4.74 Å². The number of fused-ring (bicyclic) bond motifs is 1. The molecule has 3 nitrogen and oxygen atoms in total. The molecule has 2 aliphatic heterocycles. The lowest BCUT2D eigenvalue weighted by molar-refractivity contribution is -0.0657. The summed E-state index contributed by atoms with van der Waals surface area (Å²) in [5.41, 5.74) is 0. The fourth-order valence-corrected chi connectivity index (χ4v) is 3.26. The summed E-state index contributed by atoms with van der Waals surface area (Å²) in [6.07, 6.45) is 12.6. The van der Waals surface area contributed by atoms with E-state index >= 15 is 0 Å². The molecule has 2 rings (SSSR count). The number of terminal acetylenes is 1. The van der Waals surface area contributed by atoms with Crippen LogP contribution in [0.15, 0.2) is 0 Å². The van der Waals surface area contributed by atoms with E-state index < -0.39 is 0 Å². The van der Waals surface area contributed by atoms with Crippen LogP contribution in [0.25, 0.3) is 0 Å². The van der Waals surface area contributed by atoms with Gasteiger partial charge >= 0.3 is 0 Å². The van der Waals surface area contributed by atoms with Gasteiger partial charge in [-0.1, -0.05) is 6.92 Å². The minimum Gasteiger partial charge on any atom is -0.374 e. The van der Waals surface area contributed by atoms with Gasteiger partial charge in [0.25, 0.3) is 0 Å². The van der Waals surface area contributed by atoms with Gasteiger partial charge in [-0.2, -0.15) is 0 Å². The Morgan fingerprint density at radius 1 is 1.53 bits per heavy atom. The molecule has 0 saturated carbocycles. The topological polar surface area (TPSA) is 24.5 Å². The first-order valence-corrected chi connectivity index (χ1v) is 7.87. The van der Waals surface area contributed by atoms with Crippen LogP contribution in [0.4, 0.5) is 0 Å². The van der Waals surface area contributed by atoms with Crippen molar-refractivity contribution in [1.82, 2.24) is 10.2 Å². The molecule has 1 N–H and O–H groups in total. The molecule has 0 aliphatic carbocycles. The van der Waals surface area contributed by atoms with Crippen molar-refractivity contribution in [2.24, 2.45) is 0 Å². The van der Waals surface area contributed by atoms with E-state index in [2.05, 4.69) is 23.1 Å². The van der Waals surface area contributed by atoms with E-state index in [1.807, 2.05) is 0 Å². The Hall–Kier alpha value is -0.560. The number of hydrogen-bond acceptors (Lipinski definition) is 3. The largest absolute Gasteiger partial charge is 0.374 e. The molecule has 2 heterocycles. The Morgan fingerprint density at radius 3 is 3.21 bits per heavy atom. The minimum absolute atomic E-state index is 0.346. The molecule has 0 amide bonds. The predicted molar refractivity (Wildman–Crippen MR) is 79.1 cm³/mol. The molecule has 3 atom stereocenters. The van der Waals surface area contributed by atoms with Gasteiger partial charge in [-0.25, -0.2) is 0 Å². The van der Waals surface area contributed by atoms with Crippen molar-refractivity contribution in [3.05, 3.63) is 0 Å². The van der Waals surface area contributed by atoms with Gasteiger partial charge in [0.15, 0.2) is 0 Å². The lowest BCUT2D eigenvalue weighted by atomic mass is 10.0. The number of ether oxygens (including phenoxy) is 1. The minimum atomic E-state index is 0.346. The van der Waals surface area contributed by atoms with Crippen LogP contribution in [0.3, 0.4) is 0 Å². The summed E-state index contributed by atoms with van der Waals surface area (Å²) in [6.45, 7) is 6.56. The molecule has 0 bridgehead atoms. The van der Waals surface area contributed by atoms with Gasteiger partial charge < -0.3 is 10.1 Å². The van der Waals surface area contributed by atoms with Crippen molar-refractivity contribution in [3.8, 4) is 12.3 Å². The highest BCUT2D eigenvalue weighted by Gasteiger charge is 2.35. The van der Waals surface area contributed by atoms with E-state index in [1.54, 1.807) is 0 Å². The maximum Gasteiger partial charge on any atom is 0.0855 e. The van der Waals surface area contributed by atoms with Crippen molar-refractivity contribution in [1.29, 1.82) is 0 Å². The second kappa shape index (κ2) is 7.89. The van der Waals surface area contributed by atoms with Crippen molar-refractivity contribution < 1.29 is 4.74 Å². The average molecular weight is 264 g/mol. The zero-order chi connectivity index (χ0) is 13.5. The summed E-state index contributed by atoms with van der Waals surface area (Å²) in [5.74, 6) is 2.74. The van der Waals surface area contributed by atoms with Crippen molar-refractivity contribution in [3.63, 3.8) is 0 Å². The zero-order valence-corrected chi connectivity index (χ0v) is 12.2. The van der Waals surface area contributed by atoms with E-state index in [1.165, 1.54) is 25.8 Å². The van der Waals surface area contributed by atoms with Gasteiger partial charge in [-0.05, 0) is 45.2 Å². The quantitative estimate of drug-likeness (QED) is 0.562. The van der Waals surface area contributed by atoms with Gasteiger partial charge in [0.1, 0.15) is 0 Å². The van der Waals surface area contributed by atoms with Crippen molar-refractivity contribution in [2.75, 3.05) is 26.2 Å². The van der Waals surface area contributed by atoms with E-state index in [0.29, 0.717) is 18.2 Å². The third-order valence-electron chi connectivity index (χ3n) is 4.36. The molecule has 3 heteroatoms. The first-order valence-electron chi connectivity index (χ1n) is 7.87. The van der Waals surface area contributed by atoms with Crippen LogP contribution in [0, 0.1) is 12.3 Å². The molecule has 2 fully saturated rings. The fraction of sp³-hybridized carbons (Fsp3) is 0.875. The molecule has 0 aromatic heterocycles. The molecular formula is C16H28N2O. The van der Waals surface area contributed by atoms with E-state index in [-0.39, 0.29) is 0 Å². The third kappa shape index (κ3) is 4.21. The number of nitrogens with zero attached hydrogens (tertiary/aromatic N) is 1. The molecule has 108 valence electrons. The number of hydrogen-bond donors (Lipinski definition) is 1. The fourth-order valence-electron chi connectivity index (χ4n) is 3.26. The van der Waals surface area contributed by atoms with Gasteiger partial charge in [-0.3, -0.25) is 4.90 Å². The highest BCUT2D eigenvalue weighted by molar-refractivity contribution is 4.91. The molecular weight excluding hydrogens is 236 g/mol. The second-order valence-electron chi connectivity index (χ2n) is 5.82. The highest BCUT2D eigenvalue weighted by atomic mass is 16.5. The second-order valence-corrected chi connectivity index (χ2v) is 5.82. The summed E-state index contributed by atoms with van der Waals surface area (Å²) in [6, 6.07) is 1.16. The Kier molecular flexibility index (Phi) is 6.16. The maximum atomic E-state index is 6.13. The molecule has 3 unspecified atom stereocenters. The lowest BCUT2D eigenvalue weighted by Gasteiger charge is -2.39. The van der Waals surface area contributed by atoms with Gasteiger partial charge in [0.05, 0.1) is 12.7 Å². The number of unbranched alkanes of at least 4 members (excludes halogenated alkanes) is 1. The predicted octanol–water partition coefficient (Wildman–Crippen LogP) is 2.02. The van der Waals surface area contributed by atoms with Crippen LogP contribution >= 0.6 is 0 Å². The monoisotopic (exact) mass is 264 g/mol. The molecule has 2 aliphatic rings. The molecule has 0 radical (unpaired) electrons. The Labute approximate surface area is 118 Å². The molecule has 0 aromatic carbocycles. The standard InChI is InChI=1S/C16H28N2O/c1-3-5-6-9-15(17-10-4-2)16-12-18-11-7-8-14(18)13-19-16/h1,14-17H,4-13H2,2H3. The number of morpholine rings is 1. The summed E-state index contributed by atoms with van der Waals surface area (Å²) >= 11 is 0. The third-order valence-corrected chi connectivity index (χ3v) is 4.36. The Bertz CT molecular complexity index is 300. The van der Waals surface area contributed by atoms with Crippen LogP contribution in [0.1, 0.15) is 45.4 Å². The molecule has 0 spiro atoms. The Morgan fingerprint density at radius 2 is 2.42 bits per heavy atom. The van der Waals surface area contributed by atoms with Crippen LogP contribution in [0.5, 0.6) is 0 Å². The zero-order valence-electron chi connectivity index (χ0n) is 12.2. The Balaban J connectivity index is 1.84. The van der Waals surface area contributed by atoms with E-state index in [9.17, 15) is 0 Å². The number of nitrogens with one attached hydrogen (secondary N) is 1. The van der Waals surface area contributed by atoms with Crippen molar-refractivity contribution in [2.45, 2.75) is 63.6 Å². The highest BCUT2D eigenvalue weighted by Crippen LogP contribution is 2.24. The molecule has 2 saturated heterocycles. The number of rotatable bonds is 7. The molecule has 19 heavy (non-hydrogen) atoms. The van der Waals surface area contributed by atoms with Gasteiger partial charge in [0, 0.05) is 25.0 Å². The first-order chi connectivity index (χ1) is 9.35. The van der Waals surface area contributed by atoms with Crippen LogP contribution in [0.2, 0.25) is 0 Å². The SMILES string of the molecule is C#CCCCC(NCCC)C1CN2CCCC2CO1.